The average molecular weight is 310 g/mol. The van der Waals surface area contributed by atoms with Gasteiger partial charge in [-0.1, -0.05) is 53.5 Å². The van der Waals surface area contributed by atoms with E-state index in [0.717, 1.165) is 36.8 Å². The first kappa shape index (κ1) is 14.1. The van der Waals surface area contributed by atoms with Gasteiger partial charge in [0.25, 0.3) is 5.89 Å². The second-order valence-electron chi connectivity index (χ2n) is 6.11. The molecule has 0 bridgehead atoms. The van der Waals surface area contributed by atoms with Crippen molar-refractivity contribution in [1.82, 2.24) is 15.3 Å². The Labute approximate surface area is 133 Å². The van der Waals surface area contributed by atoms with Crippen LogP contribution in [-0.4, -0.2) is 15.3 Å². The summed E-state index contributed by atoms with van der Waals surface area (Å²) in [5.74, 6) is 1.63. The fourth-order valence-corrected chi connectivity index (χ4v) is 3.17. The molecule has 118 valence electrons. The molecule has 1 fully saturated rings. The van der Waals surface area contributed by atoms with Crippen molar-refractivity contribution in [2.75, 3.05) is 0 Å². The fourth-order valence-electron chi connectivity index (χ4n) is 3.17. The Kier molecular flexibility index (Phi) is 3.27. The van der Waals surface area contributed by atoms with Gasteiger partial charge in [-0.3, -0.25) is 0 Å². The quantitative estimate of drug-likeness (QED) is 0.797. The van der Waals surface area contributed by atoms with Crippen LogP contribution in [-0.2, 0) is 5.54 Å². The highest BCUT2D eigenvalue weighted by molar-refractivity contribution is 5.77. The van der Waals surface area contributed by atoms with Gasteiger partial charge in [0.1, 0.15) is 17.0 Å². The summed E-state index contributed by atoms with van der Waals surface area (Å²) in [5.41, 5.74) is 8.32. The molecule has 0 amide bonds. The molecular formula is C17H18N4O2. The van der Waals surface area contributed by atoms with Crippen LogP contribution in [0.5, 0.6) is 0 Å². The van der Waals surface area contributed by atoms with Crippen LogP contribution in [0, 0.1) is 6.92 Å². The summed E-state index contributed by atoms with van der Waals surface area (Å²) < 4.78 is 10.8. The van der Waals surface area contributed by atoms with Gasteiger partial charge in [0.2, 0.25) is 0 Å². The third-order valence-corrected chi connectivity index (χ3v) is 4.49. The third kappa shape index (κ3) is 2.35. The van der Waals surface area contributed by atoms with E-state index < -0.39 is 5.54 Å². The van der Waals surface area contributed by atoms with E-state index in [2.05, 4.69) is 15.3 Å². The summed E-state index contributed by atoms with van der Waals surface area (Å²) in [5, 5.41) is 8.27. The lowest BCUT2D eigenvalue weighted by Crippen LogP contribution is -2.34. The van der Waals surface area contributed by atoms with Gasteiger partial charge in [0.15, 0.2) is 5.82 Å². The van der Waals surface area contributed by atoms with Crippen LogP contribution in [0.15, 0.2) is 39.4 Å². The van der Waals surface area contributed by atoms with E-state index in [1.54, 1.807) is 0 Å². The first-order valence-electron chi connectivity index (χ1n) is 7.82. The van der Waals surface area contributed by atoms with Crippen molar-refractivity contribution < 1.29 is 9.05 Å². The average Bonchev–Trinajstić information content (AvgIpc) is 3.28. The zero-order valence-corrected chi connectivity index (χ0v) is 13.0. The standard InChI is InChI=1S/C17H18N4O2/c1-11-13(14(20-22-11)12-7-3-2-4-8-12)15-19-16(21-23-15)17(18)9-5-6-10-17/h2-4,7-8H,5-6,9-10,18H2,1H3. The Morgan fingerprint density at radius 2 is 1.78 bits per heavy atom. The summed E-state index contributed by atoms with van der Waals surface area (Å²) in [6.07, 6.45) is 3.98. The first-order chi connectivity index (χ1) is 11.2. The summed E-state index contributed by atoms with van der Waals surface area (Å²) in [6.45, 7) is 1.84. The Hall–Kier alpha value is -2.47. The highest BCUT2D eigenvalue weighted by atomic mass is 16.5. The minimum Gasteiger partial charge on any atom is -0.360 e. The number of aromatic nitrogens is 3. The Balaban J connectivity index is 1.77. The summed E-state index contributed by atoms with van der Waals surface area (Å²) in [6, 6.07) is 9.81. The van der Waals surface area contributed by atoms with Gasteiger partial charge in [-0.25, -0.2) is 0 Å². The molecule has 0 radical (unpaired) electrons. The van der Waals surface area contributed by atoms with Crippen molar-refractivity contribution in [1.29, 1.82) is 0 Å². The SMILES string of the molecule is Cc1onc(-c2ccccc2)c1-c1nc(C2(N)CCCC2)no1. The fraction of sp³-hybridized carbons (Fsp3) is 0.353. The second kappa shape index (κ2) is 5.31. The third-order valence-electron chi connectivity index (χ3n) is 4.49. The van der Waals surface area contributed by atoms with Gasteiger partial charge < -0.3 is 14.8 Å². The zero-order valence-electron chi connectivity index (χ0n) is 13.0. The van der Waals surface area contributed by atoms with Crippen molar-refractivity contribution >= 4 is 0 Å². The van der Waals surface area contributed by atoms with Gasteiger partial charge in [0.05, 0.1) is 5.54 Å². The molecule has 6 heteroatoms. The number of aryl methyl sites for hydroxylation is 1. The van der Waals surface area contributed by atoms with Crippen molar-refractivity contribution in [3.63, 3.8) is 0 Å². The number of nitrogens with zero attached hydrogens (tertiary/aromatic N) is 3. The smallest absolute Gasteiger partial charge is 0.263 e. The van der Waals surface area contributed by atoms with Crippen LogP contribution >= 0.6 is 0 Å². The maximum absolute atomic E-state index is 6.41. The van der Waals surface area contributed by atoms with Crippen molar-refractivity contribution in [2.45, 2.75) is 38.1 Å². The second-order valence-corrected chi connectivity index (χ2v) is 6.11. The van der Waals surface area contributed by atoms with E-state index in [0.29, 0.717) is 23.2 Å². The molecule has 6 nitrogen and oxygen atoms in total. The largest absolute Gasteiger partial charge is 0.360 e. The van der Waals surface area contributed by atoms with Crippen LogP contribution in [0.25, 0.3) is 22.7 Å². The molecule has 0 saturated heterocycles. The molecule has 1 aliphatic carbocycles. The van der Waals surface area contributed by atoms with E-state index in [4.69, 9.17) is 14.8 Å². The maximum atomic E-state index is 6.41. The normalized spacial score (nSPS) is 16.8. The van der Waals surface area contributed by atoms with Gasteiger partial charge in [-0.15, -0.1) is 0 Å². The van der Waals surface area contributed by atoms with Gasteiger partial charge in [-0.05, 0) is 19.8 Å². The highest BCUT2D eigenvalue weighted by Gasteiger charge is 2.36. The van der Waals surface area contributed by atoms with Gasteiger partial charge >= 0.3 is 0 Å². The number of rotatable bonds is 3. The summed E-state index contributed by atoms with van der Waals surface area (Å²) >= 11 is 0. The van der Waals surface area contributed by atoms with E-state index in [1.165, 1.54) is 0 Å². The molecule has 4 rings (SSSR count). The molecule has 1 aromatic carbocycles. The lowest BCUT2D eigenvalue weighted by Gasteiger charge is -2.17. The Bertz CT molecular complexity index is 816. The predicted octanol–water partition coefficient (Wildman–Crippen LogP) is 3.43. The van der Waals surface area contributed by atoms with Crippen LogP contribution in [0.1, 0.15) is 37.3 Å². The Morgan fingerprint density at radius 1 is 1.04 bits per heavy atom. The molecule has 0 unspecified atom stereocenters. The molecule has 23 heavy (non-hydrogen) atoms. The molecule has 2 N–H and O–H groups in total. The van der Waals surface area contributed by atoms with Crippen LogP contribution < -0.4 is 5.73 Å². The van der Waals surface area contributed by atoms with E-state index >= 15 is 0 Å². The molecule has 1 saturated carbocycles. The molecule has 2 heterocycles. The highest BCUT2D eigenvalue weighted by Crippen LogP contribution is 2.37. The van der Waals surface area contributed by atoms with Crippen molar-refractivity contribution in [2.24, 2.45) is 5.73 Å². The predicted molar refractivity (Wildman–Crippen MR) is 84.3 cm³/mol. The molecule has 0 aliphatic heterocycles. The van der Waals surface area contributed by atoms with Crippen LogP contribution in [0.2, 0.25) is 0 Å². The lowest BCUT2D eigenvalue weighted by molar-refractivity contribution is 0.371. The van der Waals surface area contributed by atoms with Gasteiger partial charge in [0, 0.05) is 5.56 Å². The molecule has 0 atom stereocenters. The molecule has 1 aliphatic rings. The number of nitrogens with two attached hydrogens (primary N) is 1. The Morgan fingerprint density at radius 3 is 2.52 bits per heavy atom. The van der Waals surface area contributed by atoms with Crippen molar-refractivity contribution in [3.05, 3.63) is 41.9 Å². The van der Waals surface area contributed by atoms with Crippen LogP contribution in [0.4, 0.5) is 0 Å². The minimum atomic E-state index is -0.472. The van der Waals surface area contributed by atoms with Crippen molar-refractivity contribution in [3.8, 4) is 22.7 Å². The monoisotopic (exact) mass is 310 g/mol. The first-order valence-corrected chi connectivity index (χ1v) is 7.82. The molecule has 3 aromatic rings. The minimum absolute atomic E-state index is 0.411. The molecular weight excluding hydrogens is 292 g/mol. The number of hydrogen-bond acceptors (Lipinski definition) is 6. The number of benzene rings is 1. The van der Waals surface area contributed by atoms with E-state index in [1.807, 2.05) is 37.3 Å². The summed E-state index contributed by atoms with van der Waals surface area (Å²) in [4.78, 5) is 4.55. The topological polar surface area (TPSA) is 91.0 Å². The zero-order chi connectivity index (χ0) is 15.9. The van der Waals surface area contributed by atoms with Crippen LogP contribution in [0.3, 0.4) is 0 Å². The van der Waals surface area contributed by atoms with Gasteiger partial charge in [-0.2, -0.15) is 4.98 Å². The van der Waals surface area contributed by atoms with E-state index in [9.17, 15) is 0 Å². The molecule has 0 spiro atoms. The molecule has 2 aromatic heterocycles. The lowest BCUT2D eigenvalue weighted by atomic mass is 9.98. The van der Waals surface area contributed by atoms with E-state index in [-0.39, 0.29) is 0 Å². The number of hydrogen-bond donors (Lipinski definition) is 1. The summed E-state index contributed by atoms with van der Waals surface area (Å²) in [7, 11) is 0. The maximum Gasteiger partial charge on any atom is 0.263 e.